The normalized spacial score (nSPS) is 11.4. The van der Waals surface area contributed by atoms with Gasteiger partial charge < -0.3 is 14.2 Å². The van der Waals surface area contributed by atoms with E-state index >= 15 is 0 Å². The van der Waals surface area contributed by atoms with Gasteiger partial charge in [0, 0.05) is 13.2 Å². The number of hydrogen-bond acceptors (Lipinski definition) is 3. The zero-order valence-electron chi connectivity index (χ0n) is 25.7. The predicted octanol–water partition coefficient (Wildman–Crippen LogP) is 10.2. The fraction of sp³-hybridized carbons (Fsp3) is 0.667. The van der Waals surface area contributed by atoms with Gasteiger partial charge in [-0.1, -0.05) is 90.5 Å². The first-order valence-corrected chi connectivity index (χ1v) is 16.0. The summed E-state index contributed by atoms with van der Waals surface area (Å²) in [6, 6.07) is 17.3. The molecule has 0 unspecified atom stereocenters. The highest BCUT2D eigenvalue weighted by Gasteiger charge is 2.00. The first-order valence-electron chi connectivity index (χ1n) is 16.0. The molecule has 3 nitrogen and oxygen atoms in total. The lowest BCUT2D eigenvalue weighted by molar-refractivity contribution is 0.119. The van der Waals surface area contributed by atoms with Crippen LogP contribution in [0, 0.1) is 11.8 Å². The topological polar surface area (TPSA) is 27.7 Å². The van der Waals surface area contributed by atoms with Crippen LogP contribution < -0.4 is 9.47 Å². The van der Waals surface area contributed by atoms with Crippen LogP contribution in [0.1, 0.15) is 116 Å². The molecule has 0 saturated heterocycles. The average molecular weight is 539 g/mol. The van der Waals surface area contributed by atoms with Crippen molar-refractivity contribution in [1.82, 2.24) is 0 Å². The molecule has 0 spiro atoms. The van der Waals surface area contributed by atoms with E-state index in [1.165, 1.54) is 75.3 Å². The van der Waals surface area contributed by atoms with E-state index in [0.29, 0.717) is 0 Å². The minimum atomic E-state index is 0.753. The fourth-order valence-electron chi connectivity index (χ4n) is 4.72. The van der Waals surface area contributed by atoms with Crippen LogP contribution >= 0.6 is 0 Å². The molecule has 0 aliphatic carbocycles. The summed E-state index contributed by atoms with van der Waals surface area (Å²) in [5.74, 6) is 3.61. The van der Waals surface area contributed by atoms with E-state index in [4.69, 9.17) is 14.2 Å². The molecule has 2 aromatic carbocycles. The van der Waals surface area contributed by atoms with Gasteiger partial charge in [-0.15, -0.1) is 0 Å². The van der Waals surface area contributed by atoms with Crippen LogP contribution in [-0.4, -0.2) is 26.4 Å². The number of benzene rings is 2. The molecule has 0 aliphatic rings. The molecule has 220 valence electrons. The lowest BCUT2D eigenvalue weighted by atomic mass is 10.0. The summed E-state index contributed by atoms with van der Waals surface area (Å²) in [6.45, 7) is 12.3. The summed E-state index contributed by atoms with van der Waals surface area (Å²) >= 11 is 0. The SMILES string of the molecule is CC(C)CCCCCc1ccc(OCCCCOCCCCOc2ccc(CCCCCC(C)C)cc2)cc1. The minimum absolute atomic E-state index is 0.753. The van der Waals surface area contributed by atoms with E-state index in [1.54, 1.807) is 0 Å². The Morgan fingerprint density at radius 1 is 0.436 bits per heavy atom. The van der Waals surface area contributed by atoms with Gasteiger partial charge in [-0.25, -0.2) is 0 Å². The molecule has 0 saturated carbocycles. The molecule has 0 aliphatic heterocycles. The van der Waals surface area contributed by atoms with Crippen molar-refractivity contribution >= 4 is 0 Å². The highest BCUT2D eigenvalue weighted by Crippen LogP contribution is 2.17. The van der Waals surface area contributed by atoms with E-state index in [1.807, 2.05) is 0 Å². The van der Waals surface area contributed by atoms with Crippen LogP contribution in [-0.2, 0) is 17.6 Å². The van der Waals surface area contributed by atoms with Crippen molar-refractivity contribution in [2.24, 2.45) is 11.8 Å². The second-order valence-corrected chi connectivity index (χ2v) is 12.0. The molecule has 3 heteroatoms. The Bertz CT molecular complexity index is 741. The lowest BCUT2D eigenvalue weighted by Gasteiger charge is -2.09. The van der Waals surface area contributed by atoms with Crippen molar-refractivity contribution < 1.29 is 14.2 Å². The monoisotopic (exact) mass is 538 g/mol. The molecular formula is C36H58O3. The maximum atomic E-state index is 5.90. The standard InChI is InChI=1S/C36H58O3/c1-31(2)15-7-5-9-17-33-19-23-35(24-20-33)38-29-13-11-27-37-28-12-14-30-39-36-25-21-34(22-26-36)18-10-6-8-16-32(3)4/h19-26,31-32H,5-18,27-30H2,1-4H3. The summed E-state index contributed by atoms with van der Waals surface area (Å²) in [4.78, 5) is 0. The molecule has 0 heterocycles. The van der Waals surface area contributed by atoms with Crippen LogP contribution in [0.25, 0.3) is 0 Å². The van der Waals surface area contributed by atoms with Crippen molar-refractivity contribution in [3.63, 3.8) is 0 Å². The van der Waals surface area contributed by atoms with Crippen LogP contribution in [0.3, 0.4) is 0 Å². The summed E-state index contributed by atoms with van der Waals surface area (Å²) in [5, 5.41) is 0. The van der Waals surface area contributed by atoms with E-state index in [2.05, 4.69) is 76.2 Å². The highest BCUT2D eigenvalue weighted by molar-refractivity contribution is 5.28. The Hall–Kier alpha value is -2.00. The maximum Gasteiger partial charge on any atom is 0.119 e. The first kappa shape index (κ1) is 33.2. The zero-order chi connectivity index (χ0) is 28.0. The van der Waals surface area contributed by atoms with Gasteiger partial charge in [-0.05, 0) is 98.6 Å². The third-order valence-corrected chi connectivity index (χ3v) is 7.24. The third-order valence-electron chi connectivity index (χ3n) is 7.24. The fourth-order valence-corrected chi connectivity index (χ4v) is 4.72. The molecule has 0 atom stereocenters. The van der Waals surface area contributed by atoms with E-state index in [0.717, 1.165) is 75.4 Å². The maximum absolute atomic E-state index is 5.90. The van der Waals surface area contributed by atoms with Crippen molar-refractivity contribution in [2.75, 3.05) is 26.4 Å². The molecule has 0 aromatic heterocycles. The third kappa shape index (κ3) is 18.1. The van der Waals surface area contributed by atoms with Crippen molar-refractivity contribution in [1.29, 1.82) is 0 Å². The number of ether oxygens (including phenoxy) is 3. The smallest absolute Gasteiger partial charge is 0.119 e. The minimum Gasteiger partial charge on any atom is -0.494 e. The van der Waals surface area contributed by atoms with Crippen LogP contribution in [0.5, 0.6) is 11.5 Å². The molecule has 0 amide bonds. The summed E-state index contributed by atoms with van der Waals surface area (Å²) in [7, 11) is 0. The quantitative estimate of drug-likeness (QED) is 0.124. The van der Waals surface area contributed by atoms with Gasteiger partial charge in [0.15, 0.2) is 0 Å². The first-order chi connectivity index (χ1) is 19.0. The van der Waals surface area contributed by atoms with Gasteiger partial charge in [0.05, 0.1) is 13.2 Å². The van der Waals surface area contributed by atoms with E-state index < -0.39 is 0 Å². The second-order valence-electron chi connectivity index (χ2n) is 12.0. The van der Waals surface area contributed by atoms with Gasteiger partial charge in [0.1, 0.15) is 11.5 Å². The molecule has 39 heavy (non-hydrogen) atoms. The Labute approximate surface area is 241 Å². The van der Waals surface area contributed by atoms with Gasteiger partial charge in [-0.3, -0.25) is 0 Å². The molecular weight excluding hydrogens is 480 g/mol. The van der Waals surface area contributed by atoms with Gasteiger partial charge in [0.25, 0.3) is 0 Å². The van der Waals surface area contributed by atoms with Gasteiger partial charge in [0.2, 0.25) is 0 Å². The van der Waals surface area contributed by atoms with Crippen molar-refractivity contribution in [2.45, 2.75) is 118 Å². The molecule has 0 bridgehead atoms. The lowest BCUT2D eigenvalue weighted by Crippen LogP contribution is -2.03. The zero-order valence-corrected chi connectivity index (χ0v) is 25.7. The Balaban J connectivity index is 1.38. The Kier molecular flexibility index (Phi) is 18.5. The van der Waals surface area contributed by atoms with Crippen LogP contribution in [0.15, 0.2) is 48.5 Å². The molecule has 0 N–H and O–H groups in total. The predicted molar refractivity (Wildman–Crippen MR) is 167 cm³/mol. The summed E-state index contributed by atoms with van der Waals surface area (Å²) in [6.07, 6.45) is 17.1. The van der Waals surface area contributed by atoms with Gasteiger partial charge in [-0.2, -0.15) is 0 Å². The molecule has 2 rings (SSSR count). The molecule has 2 aromatic rings. The second kappa shape index (κ2) is 21.8. The number of unbranched alkanes of at least 4 members (excludes halogenated alkanes) is 6. The van der Waals surface area contributed by atoms with Crippen LogP contribution in [0.4, 0.5) is 0 Å². The average Bonchev–Trinajstić information content (AvgIpc) is 2.92. The Morgan fingerprint density at radius 3 is 1.21 bits per heavy atom. The molecule has 0 fully saturated rings. The van der Waals surface area contributed by atoms with Gasteiger partial charge >= 0.3 is 0 Å². The number of hydrogen-bond donors (Lipinski definition) is 0. The number of aryl methyl sites for hydroxylation is 2. The van der Waals surface area contributed by atoms with Crippen molar-refractivity contribution in [3.8, 4) is 11.5 Å². The van der Waals surface area contributed by atoms with Crippen LogP contribution in [0.2, 0.25) is 0 Å². The Morgan fingerprint density at radius 2 is 0.821 bits per heavy atom. The van der Waals surface area contributed by atoms with Crippen molar-refractivity contribution in [3.05, 3.63) is 59.7 Å². The van der Waals surface area contributed by atoms with E-state index in [-0.39, 0.29) is 0 Å². The summed E-state index contributed by atoms with van der Waals surface area (Å²) in [5.41, 5.74) is 2.84. The van der Waals surface area contributed by atoms with E-state index in [9.17, 15) is 0 Å². The summed E-state index contributed by atoms with van der Waals surface area (Å²) < 4.78 is 17.6. The number of rotatable bonds is 24. The molecule has 0 radical (unpaired) electrons. The largest absolute Gasteiger partial charge is 0.494 e. The highest BCUT2D eigenvalue weighted by atomic mass is 16.5.